The number of halogens is 1. The van der Waals surface area contributed by atoms with Gasteiger partial charge in [-0.05, 0) is 37.0 Å². The molecular weight excluding hydrogens is 231 g/mol. The molecule has 1 heterocycles. The zero-order valence-electron chi connectivity index (χ0n) is 10.6. The first-order valence-corrected chi connectivity index (χ1v) is 6.50. The fourth-order valence-corrected chi connectivity index (χ4v) is 2.32. The van der Waals surface area contributed by atoms with Crippen LogP contribution in [0.25, 0.3) is 0 Å². The second kappa shape index (κ2) is 5.96. The number of amides is 1. The van der Waals surface area contributed by atoms with E-state index >= 15 is 0 Å². The third-order valence-electron chi connectivity index (χ3n) is 3.37. The minimum atomic E-state index is -0.232. The summed E-state index contributed by atoms with van der Waals surface area (Å²) >= 11 is 0. The highest BCUT2D eigenvalue weighted by Gasteiger charge is 2.24. The normalized spacial score (nSPS) is 21.4. The van der Waals surface area contributed by atoms with Crippen molar-refractivity contribution < 1.29 is 9.18 Å². The number of carbonyl (C=O) groups excluding carboxylic acids is 1. The van der Waals surface area contributed by atoms with E-state index in [1.807, 2.05) is 0 Å². The highest BCUT2D eigenvalue weighted by Crippen LogP contribution is 2.19. The zero-order valence-corrected chi connectivity index (χ0v) is 10.6. The second-order valence-corrected chi connectivity index (χ2v) is 4.66. The van der Waals surface area contributed by atoms with Crippen LogP contribution in [0.15, 0.2) is 24.3 Å². The van der Waals surface area contributed by atoms with E-state index in [1.165, 1.54) is 12.1 Å². The molecule has 4 heteroatoms. The van der Waals surface area contributed by atoms with Gasteiger partial charge in [-0.3, -0.25) is 10.1 Å². The Morgan fingerprint density at radius 3 is 2.78 bits per heavy atom. The number of hydrogen-bond donors (Lipinski definition) is 2. The number of carbonyl (C=O) groups is 1. The predicted molar refractivity (Wildman–Crippen MR) is 68.6 cm³/mol. The maximum Gasteiger partial charge on any atom is 0.237 e. The Bertz CT molecular complexity index is 405. The van der Waals surface area contributed by atoms with E-state index in [0.717, 1.165) is 31.4 Å². The molecule has 0 spiro atoms. The van der Waals surface area contributed by atoms with Gasteiger partial charge in [0.25, 0.3) is 0 Å². The first-order valence-electron chi connectivity index (χ1n) is 6.50. The molecule has 2 N–H and O–H groups in total. The fourth-order valence-electron chi connectivity index (χ4n) is 2.32. The predicted octanol–water partition coefficient (Wildman–Crippen LogP) is 2.14. The SMILES string of the molecule is CCC(NC1CCCNC1=O)c1ccc(F)cc1. The summed E-state index contributed by atoms with van der Waals surface area (Å²) in [7, 11) is 0. The van der Waals surface area contributed by atoms with E-state index < -0.39 is 0 Å². The van der Waals surface area contributed by atoms with Crippen LogP contribution in [0.3, 0.4) is 0 Å². The van der Waals surface area contributed by atoms with Crippen molar-refractivity contribution in [2.75, 3.05) is 6.54 Å². The smallest absolute Gasteiger partial charge is 0.237 e. The van der Waals surface area contributed by atoms with E-state index in [0.29, 0.717) is 0 Å². The van der Waals surface area contributed by atoms with E-state index in [4.69, 9.17) is 0 Å². The molecule has 1 amide bonds. The molecule has 0 aromatic heterocycles. The highest BCUT2D eigenvalue weighted by molar-refractivity contribution is 5.82. The van der Waals surface area contributed by atoms with Gasteiger partial charge in [-0.15, -0.1) is 0 Å². The van der Waals surface area contributed by atoms with E-state index in [2.05, 4.69) is 17.6 Å². The van der Waals surface area contributed by atoms with Gasteiger partial charge in [0.1, 0.15) is 5.82 Å². The molecule has 0 aliphatic carbocycles. The molecule has 3 nitrogen and oxygen atoms in total. The molecule has 2 unspecified atom stereocenters. The van der Waals surface area contributed by atoms with Crippen molar-refractivity contribution in [2.45, 2.75) is 38.3 Å². The van der Waals surface area contributed by atoms with Gasteiger partial charge in [0.05, 0.1) is 6.04 Å². The summed E-state index contributed by atoms with van der Waals surface area (Å²) in [6.45, 7) is 2.83. The number of benzene rings is 1. The molecule has 1 saturated heterocycles. The second-order valence-electron chi connectivity index (χ2n) is 4.66. The Labute approximate surface area is 107 Å². The van der Waals surface area contributed by atoms with Gasteiger partial charge >= 0.3 is 0 Å². The Kier molecular flexibility index (Phi) is 4.31. The van der Waals surface area contributed by atoms with E-state index in [9.17, 15) is 9.18 Å². The number of rotatable bonds is 4. The van der Waals surface area contributed by atoms with Crippen LogP contribution in [0, 0.1) is 5.82 Å². The van der Waals surface area contributed by atoms with Crippen LogP contribution in [-0.2, 0) is 4.79 Å². The first-order chi connectivity index (χ1) is 8.70. The maximum atomic E-state index is 12.9. The van der Waals surface area contributed by atoms with Crippen molar-refractivity contribution >= 4 is 5.91 Å². The van der Waals surface area contributed by atoms with Crippen molar-refractivity contribution in [3.8, 4) is 0 Å². The van der Waals surface area contributed by atoms with Crippen LogP contribution in [0.2, 0.25) is 0 Å². The summed E-state index contributed by atoms with van der Waals surface area (Å²) in [5, 5.41) is 6.22. The van der Waals surface area contributed by atoms with Gasteiger partial charge in [0, 0.05) is 12.6 Å². The molecule has 0 radical (unpaired) electrons. The molecule has 1 aromatic rings. The van der Waals surface area contributed by atoms with Gasteiger partial charge in [0.15, 0.2) is 0 Å². The Balaban J connectivity index is 2.04. The van der Waals surface area contributed by atoms with Crippen molar-refractivity contribution in [1.82, 2.24) is 10.6 Å². The lowest BCUT2D eigenvalue weighted by molar-refractivity contribution is -0.124. The van der Waals surface area contributed by atoms with Crippen LogP contribution in [0.1, 0.15) is 37.8 Å². The van der Waals surface area contributed by atoms with Crippen molar-refractivity contribution in [2.24, 2.45) is 0 Å². The number of piperidine rings is 1. The quantitative estimate of drug-likeness (QED) is 0.859. The van der Waals surface area contributed by atoms with Crippen LogP contribution in [0.4, 0.5) is 4.39 Å². The lowest BCUT2D eigenvalue weighted by atomic mass is 10.0. The van der Waals surface area contributed by atoms with Crippen molar-refractivity contribution in [3.63, 3.8) is 0 Å². The van der Waals surface area contributed by atoms with E-state index in [1.54, 1.807) is 12.1 Å². The summed E-state index contributed by atoms with van der Waals surface area (Å²) in [4.78, 5) is 11.7. The van der Waals surface area contributed by atoms with Crippen molar-refractivity contribution in [1.29, 1.82) is 0 Å². The minimum Gasteiger partial charge on any atom is -0.355 e. The van der Waals surface area contributed by atoms with Crippen LogP contribution in [0.5, 0.6) is 0 Å². The molecule has 0 bridgehead atoms. The standard InChI is InChI=1S/C14H19FN2O/c1-2-12(10-5-7-11(15)8-6-10)17-13-4-3-9-16-14(13)18/h5-8,12-13,17H,2-4,9H2,1H3,(H,16,18). The van der Waals surface area contributed by atoms with Crippen LogP contribution >= 0.6 is 0 Å². The number of nitrogens with one attached hydrogen (secondary N) is 2. The first kappa shape index (κ1) is 13.0. The third kappa shape index (κ3) is 3.07. The van der Waals surface area contributed by atoms with Gasteiger partial charge in [0.2, 0.25) is 5.91 Å². The van der Waals surface area contributed by atoms with Gasteiger partial charge in [-0.1, -0.05) is 19.1 Å². The average Bonchev–Trinajstić information content (AvgIpc) is 2.39. The van der Waals surface area contributed by atoms with Crippen LogP contribution < -0.4 is 10.6 Å². The molecule has 1 fully saturated rings. The lowest BCUT2D eigenvalue weighted by Gasteiger charge is -2.27. The molecule has 98 valence electrons. The maximum absolute atomic E-state index is 12.9. The van der Waals surface area contributed by atoms with E-state index in [-0.39, 0.29) is 23.8 Å². The largest absolute Gasteiger partial charge is 0.355 e. The number of hydrogen-bond acceptors (Lipinski definition) is 2. The van der Waals surface area contributed by atoms with Crippen LogP contribution in [-0.4, -0.2) is 18.5 Å². The molecule has 1 aliphatic rings. The molecule has 0 saturated carbocycles. The Morgan fingerprint density at radius 2 is 2.17 bits per heavy atom. The Hall–Kier alpha value is -1.42. The lowest BCUT2D eigenvalue weighted by Crippen LogP contribution is -2.49. The average molecular weight is 250 g/mol. The molecule has 18 heavy (non-hydrogen) atoms. The van der Waals surface area contributed by atoms with Gasteiger partial charge < -0.3 is 5.32 Å². The topological polar surface area (TPSA) is 41.1 Å². The monoisotopic (exact) mass is 250 g/mol. The van der Waals surface area contributed by atoms with Crippen molar-refractivity contribution in [3.05, 3.63) is 35.6 Å². The summed E-state index contributed by atoms with van der Waals surface area (Å²) in [5.41, 5.74) is 1.03. The summed E-state index contributed by atoms with van der Waals surface area (Å²) in [6, 6.07) is 6.43. The van der Waals surface area contributed by atoms with Gasteiger partial charge in [-0.2, -0.15) is 0 Å². The molecule has 2 rings (SSSR count). The molecule has 1 aliphatic heterocycles. The minimum absolute atomic E-state index is 0.0711. The summed E-state index contributed by atoms with van der Waals surface area (Å²) < 4.78 is 12.9. The Morgan fingerprint density at radius 1 is 1.44 bits per heavy atom. The summed E-state index contributed by atoms with van der Waals surface area (Å²) in [6.07, 6.45) is 2.74. The zero-order chi connectivity index (χ0) is 13.0. The molecular formula is C14H19FN2O. The summed E-state index contributed by atoms with van der Waals surface area (Å²) in [5.74, 6) is -0.161. The highest BCUT2D eigenvalue weighted by atomic mass is 19.1. The molecule has 1 aromatic carbocycles. The molecule has 2 atom stereocenters. The third-order valence-corrected chi connectivity index (χ3v) is 3.37. The van der Waals surface area contributed by atoms with Gasteiger partial charge in [-0.25, -0.2) is 4.39 Å². The fraction of sp³-hybridized carbons (Fsp3) is 0.500.